The Morgan fingerprint density at radius 3 is 2.62 bits per heavy atom. The summed E-state index contributed by atoms with van der Waals surface area (Å²) in [4.78, 5) is 25.2. The van der Waals surface area contributed by atoms with Crippen LogP contribution in [0, 0.1) is 0 Å². The van der Waals surface area contributed by atoms with E-state index in [0.29, 0.717) is 6.54 Å². The van der Waals surface area contributed by atoms with Crippen LogP contribution in [0.1, 0.15) is 38.2 Å². The van der Waals surface area contributed by atoms with Crippen molar-refractivity contribution in [3.05, 3.63) is 29.8 Å². The van der Waals surface area contributed by atoms with E-state index in [1.807, 2.05) is 24.3 Å². The molecule has 1 aromatic rings. The Hall–Kier alpha value is -1.88. The zero-order valence-corrected chi connectivity index (χ0v) is 12.7. The van der Waals surface area contributed by atoms with Gasteiger partial charge in [-0.05, 0) is 30.5 Å². The van der Waals surface area contributed by atoms with Crippen LogP contribution >= 0.6 is 0 Å². The fraction of sp³-hybridized carbons (Fsp3) is 0.500. The van der Waals surface area contributed by atoms with Crippen LogP contribution in [0.2, 0.25) is 0 Å². The Kier molecular flexibility index (Phi) is 4.63. The number of benzene rings is 1. The van der Waals surface area contributed by atoms with Gasteiger partial charge in [0.2, 0.25) is 11.8 Å². The van der Waals surface area contributed by atoms with E-state index in [0.717, 1.165) is 36.9 Å². The molecule has 21 heavy (non-hydrogen) atoms. The molecule has 0 heterocycles. The number of nitrogens with two attached hydrogens (primary N) is 1. The molecule has 5 heteroatoms. The number of nitrogens with zero attached hydrogens (tertiary/aromatic N) is 1. The van der Waals surface area contributed by atoms with Crippen LogP contribution in [0.25, 0.3) is 0 Å². The van der Waals surface area contributed by atoms with Crippen molar-refractivity contribution in [1.29, 1.82) is 0 Å². The molecule has 1 saturated carbocycles. The first kappa shape index (κ1) is 15.5. The van der Waals surface area contributed by atoms with Crippen LogP contribution in [-0.4, -0.2) is 29.3 Å². The Morgan fingerprint density at radius 1 is 1.33 bits per heavy atom. The van der Waals surface area contributed by atoms with Crippen LogP contribution < -0.4 is 11.1 Å². The van der Waals surface area contributed by atoms with Crippen molar-refractivity contribution in [2.24, 2.45) is 5.73 Å². The molecule has 0 saturated heterocycles. The minimum atomic E-state index is -0.730. The Bertz CT molecular complexity index is 536. The molecular weight excluding hydrogens is 266 g/mol. The van der Waals surface area contributed by atoms with Crippen LogP contribution in [-0.2, 0) is 16.1 Å². The molecule has 2 rings (SSSR count). The standard InChI is InChI=1S/C16H23N3O2/c1-12(20)19(2)11-13-6-5-7-14(10-13)18-15(21)16(17)8-3-4-9-16/h5-7,10H,3-4,8-9,11,17H2,1-2H3,(H,18,21). The van der Waals surface area contributed by atoms with E-state index in [1.54, 1.807) is 11.9 Å². The first-order valence-corrected chi connectivity index (χ1v) is 7.32. The van der Waals surface area contributed by atoms with Crippen molar-refractivity contribution in [3.63, 3.8) is 0 Å². The van der Waals surface area contributed by atoms with E-state index in [2.05, 4.69) is 5.32 Å². The van der Waals surface area contributed by atoms with E-state index >= 15 is 0 Å². The predicted octanol–water partition coefficient (Wildman–Crippen LogP) is 1.87. The summed E-state index contributed by atoms with van der Waals surface area (Å²) in [5.41, 5.74) is 7.12. The molecule has 5 nitrogen and oxygen atoms in total. The van der Waals surface area contributed by atoms with E-state index in [1.165, 1.54) is 6.92 Å². The summed E-state index contributed by atoms with van der Waals surface area (Å²) in [7, 11) is 1.75. The van der Waals surface area contributed by atoms with Gasteiger partial charge in [0.1, 0.15) is 0 Å². The maximum atomic E-state index is 12.3. The average Bonchev–Trinajstić information content (AvgIpc) is 2.87. The third-order valence-electron chi connectivity index (χ3n) is 4.09. The molecule has 0 unspecified atom stereocenters. The summed E-state index contributed by atoms with van der Waals surface area (Å²) in [6.07, 6.45) is 3.50. The minimum Gasteiger partial charge on any atom is -0.342 e. The van der Waals surface area contributed by atoms with Gasteiger partial charge in [-0.25, -0.2) is 0 Å². The summed E-state index contributed by atoms with van der Waals surface area (Å²) >= 11 is 0. The van der Waals surface area contributed by atoms with Gasteiger partial charge in [-0.2, -0.15) is 0 Å². The molecular formula is C16H23N3O2. The number of nitrogens with one attached hydrogen (secondary N) is 1. The number of amides is 2. The normalized spacial score (nSPS) is 16.5. The fourth-order valence-electron chi connectivity index (χ4n) is 2.62. The highest BCUT2D eigenvalue weighted by Crippen LogP contribution is 2.28. The molecule has 0 radical (unpaired) electrons. The molecule has 1 aliphatic carbocycles. The Labute approximate surface area is 125 Å². The average molecular weight is 289 g/mol. The number of rotatable bonds is 4. The summed E-state index contributed by atoms with van der Waals surface area (Å²) in [5, 5.41) is 2.90. The Morgan fingerprint density at radius 2 is 2.00 bits per heavy atom. The van der Waals surface area contributed by atoms with Gasteiger partial charge >= 0.3 is 0 Å². The summed E-state index contributed by atoms with van der Waals surface area (Å²) in [6.45, 7) is 2.05. The van der Waals surface area contributed by atoms with Crippen molar-refractivity contribution in [3.8, 4) is 0 Å². The minimum absolute atomic E-state index is 0.0105. The van der Waals surface area contributed by atoms with Gasteiger partial charge in [-0.1, -0.05) is 25.0 Å². The number of hydrogen-bond donors (Lipinski definition) is 2. The van der Waals surface area contributed by atoms with Gasteiger partial charge < -0.3 is 16.0 Å². The largest absolute Gasteiger partial charge is 0.342 e. The summed E-state index contributed by atoms with van der Waals surface area (Å²) in [5.74, 6) is -0.103. The molecule has 0 atom stereocenters. The lowest BCUT2D eigenvalue weighted by Crippen LogP contribution is -2.48. The van der Waals surface area contributed by atoms with E-state index in [9.17, 15) is 9.59 Å². The monoisotopic (exact) mass is 289 g/mol. The van der Waals surface area contributed by atoms with Crippen LogP contribution in [0.3, 0.4) is 0 Å². The zero-order chi connectivity index (χ0) is 15.5. The van der Waals surface area contributed by atoms with Gasteiger partial charge in [0.05, 0.1) is 5.54 Å². The molecule has 1 aliphatic rings. The number of anilines is 1. The highest BCUT2D eigenvalue weighted by molar-refractivity contribution is 5.98. The van der Waals surface area contributed by atoms with Crippen molar-refractivity contribution in [1.82, 2.24) is 4.90 Å². The molecule has 0 bridgehead atoms. The third-order valence-corrected chi connectivity index (χ3v) is 4.09. The van der Waals surface area contributed by atoms with Crippen molar-refractivity contribution >= 4 is 17.5 Å². The van der Waals surface area contributed by atoms with E-state index in [4.69, 9.17) is 5.73 Å². The lowest BCUT2D eigenvalue weighted by Gasteiger charge is -2.22. The van der Waals surface area contributed by atoms with Gasteiger partial charge in [-0.15, -0.1) is 0 Å². The van der Waals surface area contributed by atoms with Gasteiger partial charge in [-0.3, -0.25) is 9.59 Å². The van der Waals surface area contributed by atoms with E-state index < -0.39 is 5.54 Å². The lowest BCUT2D eigenvalue weighted by atomic mass is 9.98. The lowest BCUT2D eigenvalue weighted by molar-refractivity contribution is -0.128. The maximum Gasteiger partial charge on any atom is 0.244 e. The topological polar surface area (TPSA) is 75.4 Å². The molecule has 0 aromatic heterocycles. The van der Waals surface area contributed by atoms with E-state index in [-0.39, 0.29) is 11.8 Å². The predicted molar refractivity (Wildman–Crippen MR) is 82.6 cm³/mol. The quantitative estimate of drug-likeness (QED) is 0.888. The van der Waals surface area contributed by atoms with Crippen LogP contribution in [0.5, 0.6) is 0 Å². The number of hydrogen-bond acceptors (Lipinski definition) is 3. The Balaban J connectivity index is 2.04. The summed E-state index contributed by atoms with van der Waals surface area (Å²) < 4.78 is 0. The molecule has 1 aromatic carbocycles. The second-order valence-corrected chi connectivity index (χ2v) is 5.89. The van der Waals surface area contributed by atoms with Gasteiger partial charge in [0.15, 0.2) is 0 Å². The third kappa shape index (κ3) is 3.82. The molecule has 114 valence electrons. The molecule has 0 aliphatic heterocycles. The smallest absolute Gasteiger partial charge is 0.244 e. The van der Waals surface area contributed by atoms with Crippen molar-refractivity contribution in [2.75, 3.05) is 12.4 Å². The number of carbonyl (C=O) groups excluding carboxylic acids is 2. The fourth-order valence-corrected chi connectivity index (χ4v) is 2.62. The van der Waals surface area contributed by atoms with Crippen molar-refractivity contribution < 1.29 is 9.59 Å². The van der Waals surface area contributed by atoms with Gasteiger partial charge in [0.25, 0.3) is 0 Å². The van der Waals surface area contributed by atoms with Gasteiger partial charge in [0, 0.05) is 26.2 Å². The second kappa shape index (κ2) is 6.26. The number of carbonyl (C=O) groups is 2. The maximum absolute atomic E-state index is 12.3. The molecule has 2 amide bonds. The zero-order valence-electron chi connectivity index (χ0n) is 12.7. The van der Waals surface area contributed by atoms with Crippen LogP contribution in [0.15, 0.2) is 24.3 Å². The molecule has 1 fully saturated rings. The van der Waals surface area contributed by atoms with Crippen molar-refractivity contribution in [2.45, 2.75) is 44.7 Å². The van der Waals surface area contributed by atoms with Crippen LogP contribution in [0.4, 0.5) is 5.69 Å². The highest BCUT2D eigenvalue weighted by atomic mass is 16.2. The first-order chi connectivity index (χ1) is 9.90. The molecule has 0 spiro atoms. The SMILES string of the molecule is CC(=O)N(C)Cc1cccc(NC(=O)C2(N)CCCC2)c1. The molecule has 3 N–H and O–H groups in total. The highest BCUT2D eigenvalue weighted by Gasteiger charge is 2.36. The summed E-state index contributed by atoms with van der Waals surface area (Å²) in [6, 6.07) is 7.53. The second-order valence-electron chi connectivity index (χ2n) is 5.89. The first-order valence-electron chi connectivity index (χ1n) is 7.32.